The minimum absolute atomic E-state index is 0.0889. The molecule has 0 bridgehead atoms. The number of nitrogens with one attached hydrogen (secondary N) is 1. The van der Waals surface area contributed by atoms with Gasteiger partial charge in [-0.3, -0.25) is 19.7 Å². The van der Waals surface area contributed by atoms with E-state index in [0.29, 0.717) is 29.0 Å². The molecule has 162 valence electrons. The Morgan fingerprint density at radius 2 is 1.90 bits per heavy atom. The van der Waals surface area contributed by atoms with E-state index in [-0.39, 0.29) is 35.7 Å². The molecular weight excluding hydrogens is 418 g/mol. The number of carbonyl (C=O) groups is 3. The lowest BCUT2D eigenvalue weighted by atomic mass is 9.89. The van der Waals surface area contributed by atoms with Gasteiger partial charge in [0.2, 0.25) is 5.91 Å². The minimum atomic E-state index is -0.837. The quantitative estimate of drug-likeness (QED) is 0.729. The molecule has 2 heterocycles. The van der Waals surface area contributed by atoms with Crippen LogP contribution in [-0.4, -0.2) is 39.5 Å². The van der Waals surface area contributed by atoms with E-state index in [2.05, 4.69) is 5.32 Å². The van der Waals surface area contributed by atoms with Crippen LogP contribution in [0.4, 0.5) is 4.79 Å². The molecule has 2 amide bonds. The van der Waals surface area contributed by atoms with Gasteiger partial charge in [-0.1, -0.05) is 23.9 Å². The Balaban J connectivity index is 1.42. The van der Waals surface area contributed by atoms with Gasteiger partial charge in [0.1, 0.15) is 29.5 Å². The molecule has 1 saturated heterocycles. The standard InChI is InChI=1S/C23H23NO6S/c1-12-13(2)20-16(9-17(12)25)18(26)10-23(3,30-20)11-29-15-6-4-14(5-7-15)8-19-21(27)24-22(28)31-19/h4-7,9,19,25H,8,10-11H2,1-3H3,(H,24,27,28). The van der Waals surface area contributed by atoms with Crippen molar-refractivity contribution in [2.75, 3.05) is 6.61 Å². The van der Waals surface area contributed by atoms with Crippen LogP contribution in [0.3, 0.4) is 0 Å². The third-order valence-electron chi connectivity index (χ3n) is 5.65. The van der Waals surface area contributed by atoms with Gasteiger partial charge in [0.15, 0.2) is 5.78 Å². The van der Waals surface area contributed by atoms with E-state index in [9.17, 15) is 19.5 Å². The molecule has 0 spiro atoms. The zero-order valence-electron chi connectivity index (χ0n) is 17.5. The molecule has 2 aromatic rings. The number of imide groups is 1. The summed E-state index contributed by atoms with van der Waals surface area (Å²) in [5, 5.41) is 11.6. The first kappa shape index (κ1) is 21.2. The number of amides is 2. The number of hydrogen-bond donors (Lipinski definition) is 2. The van der Waals surface area contributed by atoms with Crippen LogP contribution in [0.5, 0.6) is 17.2 Å². The van der Waals surface area contributed by atoms with Crippen molar-refractivity contribution in [2.45, 2.75) is 44.5 Å². The summed E-state index contributed by atoms with van der Waals surface area (Å²) in [4.78, 5) is 35.7. The molecule has 2 unspecified atom stereocenters. The van der Waals surface area contributed by atoms with Crippen molar-refractivity contribution in [3.8, 4) is 17.2 Å². The van der Waals surface area contributed by atoms with Gasteiger partial charge in [-0.2, -0.15) is 0 Å². The highest BCUT2D eigenvalue weighted by Crippen LogP contribution is 2.40. The highest BCUT2D eigenvalue weighted by molar-refractivity contribution is 8.15. The summed E-state index contributed by atoms with van der Waals surface area (Å²) in [6, 6.07) is 8.77. The maximum Gasteiger partial charge on any atom is 0.286 e. The van der Waals surface area contributed by atoms with Crippen LogP contribution in [0.15, 0.2) is 30.3 Å². The smallest absolute Gasteiger partial charge is 0.286 e. The Morgan fingerprint density at radius 1 is 1.19 bits per heavy atom. The molecule has 2 aliphatic rings. The van der Waals surface area contributed by atoms with Gasteiger partial charge in [0.05, 0.1) is 17.2 Å². The molecular formula is C23H23NO6S. The summed E-state index contributed by atoms with van der Waals surface area (Å²) in [5.41, 5.74) is 1.91. The van der Waals surface area contributed by atoms with Gasteiger partial charge < -0.3 is 14.6 Å². The van der Waals surface area contributed by atoms with E-state index in [4.69, 9.17) is 9.47 Å². The second kappa shape index (κ2) is 7.92. The first-order valence-electron chi connectivity index (χ1n) is 9.94. The number of rotatable bonds is 5. The minimum Gasteiger partial charge on any atom is -0.508 e. The lowest BCUT2D eigenvalue weighted by molar-refractivity contribution is -0.118. The third kappa shape index (κ3) is 4.25. The second-order valence-corrected chi connectivity index (χ2v) is 9.37. The van der Waals surface area contributed by atoms with Crippen LogP contribution in [0, 0.1) is 13.8 Å². The van der Waals surface area contributed by atoms with Crippen LogP contribution in [0.1, 0.15) is 40.4 Å². The molecule has 2 aromatic carbocycles. The van der Waals surface area contributed by atoms with Crippen molar-refractivity contribution in [2.24, 2.45) is 0 Å². The molecule has 0 radical (unpaired) electrons. The van der Waals surface area contributed by atoms with E-state index in [1.54, 1.807) is 19.1 Å². The number of phenolic OH excluding ortho intramolecular Hbond substituents is 1. The van der Waals surface area contributed by atoms with Crippen molar-refractivity contribution >= 4 is 28.7 Å². The molecule has 31 heavy (non-hydrogen) atoms. The van der Waals surface area contributed by atoms with E-state index in [0.717, 1.165) is 22.9 Å². The lowest BCUT2D eigenvalue weighted by Crippen LogP contribution is -2.44. The Bertz CT molecular complexity index is 1080. The molecule has 0 saturated carbocycles. The summed E-state index contributed by atoms with van der Waals surface area (Å²) < 4.78 is 12.1. The highest BCUT2D eigenvalue weighted by Gasteiger charge is 2.39. The van der Waals surface area contributed by atoms with Crippen molar-refractivity contribution in [1.29, 1.82) is 0 Å². The average Bonchev–Trinajstić information content (AvgIpc) is 3.04. The van der Waals surface area contributed by atoms with Crippen LogP contribution < -0.4 is 14.8 Å². The number of ether oxygens (including phenoxy) is 2. The summed E-state index contributed by atoms with van der Waals surface area (Å²) in [5.74, 6) is 0.843. The van der Waals surface area contributed by atoms with Crippen LogP contribution in [0.2, 0.25) is 0 Å². The summed E-state index contributed by atoms with van der Waals surface area (Å²) in [6.45, 7) is 5.61. The first-order valence-corrected chi connectivity index (χ1v) is 10.8. The van der Waals surface area contributed by atoms with E-state index in [1.165, 1.54) is 6.07 Å². The largest absolute Gasteiger partial charge is 0.508 e. The summed E-state index contributed by atoms with van der Waals surface area (Å²) in [6.07, 6.45) is 0.599. The number of hydrogen-bond acceptors (Lipinski definition) is 7. The van der Waals surface area contributed by atoms with Crippen molar-refractivity contribution in [1.82, 2.24) is 5.32 Å². The fraction of sp³-hybridized carbons (Fsp3) is 0.348. The number of thioether (sulfide) groups is 1. The van der Waals surface area contributed by atoms with E-state index >= 15 is 0 Å². The average molecular weight is 442 g/mol. The van der Waals surface area contributed by atoms with Gasteiger partial charge in [-0.25, -0.2) is 0 Å². The van der Waals surface area contributed by atoms with E-state index < -0.39 is 10.9 Å². The highest BCUT2D eigenvalue weighted by atomic mass is 32.2. The van der Waals surface area contributed by atoms with Gasteiger partial charge in [-0.15, -0.1) is 0 Å². The number of carbonyl (C=O) groups excluding carboxylic acids is 3. The maximum absolute atomic E-state index is 12.7. The Labute approximate surface area is 184 Å². The molecule has 0 aliphatic carbocycles. The number of ketones is 1. The zero-order chi connectivity index (χ0) is 22.3. The van der Waals surface area contributed by atoms with Gasteiger partial charge in [0, 0.05) is 0 Å². The first-order chi connectivity index (χ1) is 14.6. The third-order valence-corrected chi connectivity index (χ3v) is 6.63. The number of phenols is 1. The molecule has 0 aromatic heterocycles. The van der Waals surface area contributed by atoms with Gasteiger partial charge in [-0.05, 0) is 62.1 Å². The number of fused-ring (bicyclic) bond motifs is 1. The lowest BCUT2D eigenvalue weighted by Gasteiger charge is -2.35. The number of benzene rings is 2. The molecule has 8 heteroatoms. The van der Waals surface area contributed by atoms with Crippen molar-refractivity contribution in [3.05, 3.63) is 52.6 Å². The van der Waals surface area contributed by atoms with Crippen molar-refractivity contribution in [3.63, 3.8) is 0 Å². The maximum atomic E-state index is 12.7. The number of aromatic hydroxyl groups is 1. The molecule has 7 nitrogen and oxygen atoms in total. The molecule has 1 fully saturated rings. The zero-order valence-corrected chi connectivity index (χ0v) is 18.3. The Morgan fingerprint density at radius 3 is 2.55 bits per heavy atom. The van der Waals surface area contributed by atoms with Crippen LogP contribution >= 0.6 is 11.8 Å². The second-order valence-electron chi connectivity index (χ2n) is 8.19. The summed E-state index contributed by atoms with van der Waals surface area (Å²) >= 11 is 1.00. The normalized spacial score (nSPS) is 22.7. The molecule has 2 N–H and O–H groups in total. The van der Waals surface area contributed by atoms with Crippen molar-refractivity contribution < 1.29 is 29.0 Å². The Hall–Kier alpha value is -3.00. The fourth-order valence-corrected chi connectivity index (χ4v) is 4.57. The topological polar surface area (TPSA) is 102 Å². The molecule has 4 rings (SSSR count). The number of Topliss-reactive ketones (excluding diaryl/α,β-unsaturated/α-hetero) is 1. The predicted molar refractivity (Wildman–Crippen MR) is 116 cm³/mol. The van der Waals surface area contributed by atoms with Crippen LogP contribution in [-0.2, 0) is 11.2 Å². The van der Waals surface area contributed by atoms with Crippen LogP contribution in [0.25, 0.3) is 0 Å². The molecule has 2 atom stereocenters. The van der Waals surface area contributed by atoms with E-state index in [1.807, 2.05) is 26.0 Å². The Kier molecular flexibility index (Phi) is 5.43. The fourth-order valence-electron chi connectivity index (χ4n) is 3.71. The van der Waals surface area contributed by atoms with Gasteiger partial charge in [0.25, 0.3) is 5.24 Å². The monoisotopic (exact) mass is 441 g/mol. The SMILES string of the molecule is Cc1c(O)cc2c(c1C)OC(C)(COc1ccc(CC3SC(=O)NC3=O)cc1)CC2=O. The van der Waals surface area contributed by atoms with Gasteiger partial charge >= 0.3 is 0 Å². The predicted octanol–water partition coefficient (Wildman–Crippen LogP) is 3.71. The summed E-state index contributed by atoms with van der Waals surface area (Å²) in [7, 11) is 0. The molecule has 2 aliphatic heterocycles.